The van der Waals surface area contributed by atoms with E-state index >= 15 is 0 Å². The van der Waals surface area contributed by atoms with E-state index in [0.29, 0.717) is 5.92 Å². The first-order chi connectivity index (χ1) is 9.79. The molecule has 0 radical (unpaired) electrons. The van der Waals surface area contributed by atoms with Gasteiger partial charge in [0.15, 0.2) is 0 Å². The van der Waals surface area contributed by atoms with E-state index in [1.54, 1.807) is 11.3 Å². The maximum absolute atomic E-state index is 5.55. The molecule has 1 aromatic rings. The van der Waals surface area contributed by atoms with Crippen LogP contribution in [0.4, 0.5) is 0 Å². The minimum atomic E-state index is 0.698. The zero-order valence-electron chi connectivity index (χ0n) is 12.3. The first-order valence-corrected chi connectivity index (χ1v) is 8.60. The molecule has 1 aliphatic heterocycles. The molecule has 20 heavy (non-hydrogen) atoms. The summed E-state index contributed by atoms with van der Waals surface area (Å²) in [5, 5.41) is 6.95. The van der Waals surface area contributed by atoms with Crippen molar-refractivity contribution in [2.75, 3.05) is 26.8 Å². The van der Waals surface area contributed by atoms with Gasteiger partial charge in [0, 0.05) is 37.7 Å². The Balaban J connectivity index is 1.41. The van der Waals surface area contributed by atoms with E-state index in [2.05, 4.69) is 22.6 Å². The molecule has 0 spiro atoms. The zero-order chi connectivity index (χ0) is 13.8. The average molecular weight is 295 g/mol. The van der Waals surface area contributed by atoms with Crippen molar-refractivity contribution in [1.29, 1.82) is 0 Å². The van der Waals surface area contributed by atoms with Gasteiger partial charge in [0.25, 0.3) is 0 Å². The topological polar surface area (TPSA) is 37.4 Å². The van der Waals surface area contributed by atoms with Crippen molar-refractivity contribution in [1.82, 2.24) is 15.2 Å². The minimum Gasteiger partial charge on any atom is -0.381 e. The second kappa shape index (κ2) is 6.98. The second-order valence-corrected chi connectivity index (χ2v) is 7.11. The molecule has 1 atom stereocenters. The number of ether oxygens (including phenoxy) is 1. The van der Waals surface area contributed by atoms with Gasteiger partial charge in [-0.05, 0) is 38.6 Å². The largest absolute Gasteiger partial charge is 0.381 e. The number of thiazole rings is 1. The van der Waals surface area contributed by atoms with Crippen molar-refractivity contribution in [3.63, 3.8) is 0 Å². The Morgan fingerprint density at radius 2 is 2.35 bits per heavy atom. The molecule has 1 saturated heterocycles. The fourth-order valence-electron chi connectivity index (χ4n) is 2.76. The molecule has 2 heterocycles. The quantitative estimate of drug-likeness (QED) is 0.837. The highest BCUT2D eigenvalue weighted by Crippen LogP contribution is 2.20. The monoisotopic (exact) mass is 295 g/mol. The molecule has 1 aromatic heterocycles. The van der Waals surface area contributed by atoms with Crippen molar-refractivity contribution in [3.8, 4) is 0 Å². The number of hydrogen-bond acceptors (Lipinski definition) is 5. The second-order valence-electron chi connectivity index (χ2n) is 6.17. The highest BCUT2D eigenvalue weighted by molar-refractivity contribution is 7.09. The lowest BCUT2D eigenvalue weighted by molar-refractivity contribution is 0.0410. The third kappa shape index (κ3) is 4.52. The lowest BCUT2D eigenvalue weighted by Gasteiger charge is -2.26. The molecule has 0 bridgehead atoms. The Kier molecular flexibility index (Phi) is 5.04. The maximum Gasteiger partial charge on any atom is 0.107 e. The molecule has 2 aliphatic rings. The van der Waals surface area contributed by atoms with Crippen LogP contribution in [0.2, 0.25) is 0 Å². The fourth-order valence-corrected chi connectivity index (χ4v) is 3.49. The van der Waals surface area contributed by atoms with Crippen LogP contribution in [-0.4, -0.2) is 42.7 Å². The smallest absolute Gasteiger partial charge is 0.107 e. The molecule has 1 aliphatic carbocycles. The van der Waals surface area contributed by atoms with Crippen LogP contribution in [0.25, 0.3) is 0 Å². The minimum absolute atomic E-state index is 0.698. The van der Waals surface area contributed by atoms with Crippen LogP contribution < -0.4 is 5.32 Å². The van der Waals surface area contributed by atoms with Gasteiger partial charge in [-0.25, -0.2) is 4.98 Å². The van der Waals surface area contributed by atoms with Gasteiger partial charge in [-0.15, -0.1) is 11.3 Å². The number of nitrogens with one attached hydrogen (secondary N) is 1. The average Bonchev–Trinajstić information content (AvgIpc) is 3.18. The van der Waals surface area contributed by atoms with Gasteiger partial charge in [-0.2, -0.15) is 0 Å². The van der Waals surface area contributed by atoms with Gasteiger partial charge >= 0.3 is 0 Å². The van der Waals surface area contributed by atoms with Crippen LogP contribution in [0.15, 0.2) is 5.38 Å². The van der Waals surface area contributed by atoms with E-state index in [9.17, 15) is 0 Å². The van der Waals surface area contributed by atoms with Crippen molar-refractivity contribution in [3.05, 3.63) is 16.1 Å². The lowest BCUT2D eigenvalue weighted by Crippen LogP contribution is -2.30. The Bertz CT molecular complexity index is 413. The summed E-state index contributed by atoms with van der Waals surface area (Å²) in [4.78, 5) is 7.11. The predicted molar refractivity (Wildman–Crippen MR) is 81.9 cm³/mol. The highest BCUT2D eigenvalue weighted by Gasteiger charge is 2.20. The summed E-state index contributed by atoms with van der Waals surface area (Å²) in [5.41, 5.74) is 1.21. The molecule has 1 unspecified atom stereocenters. The van der Waals surface area contributed by atoms with Crippen molar-refractivity contribution in [2.24, 2.45) is 5.92 Å². The van der Waals surface area contributed by atoms with E-state index in [1.165, 1.54) is 36.4 Å². The molecular formula is C15H25N3OS. The fraction of sp³-hybridized carbons (Fsp3) is 0.800. The van der Waals surface area contributed by atoms with E-state index in [-0.39, 0.29) is 0 Å². The van der Waals surface area contributed by atoms with Gasteiger partial charge in [0.1, 0.15) is 5.01 Å². The normalized spacial score (nSPS) is 23.4. The zero-order valence-corrected chi connectivity index (χ0v) is 13.1. The predicted octanol–water partition coefficient (Wildman–Crippen LogP) is 2.25. The molecule has 0 amide bonds. The molecule has 0 aromatic carbocycles. The number of rotatable bonds is 7. The summed E-state index contributed by atoms with van der Waals surface area (Å²) in [5.74, 6) is 0.698. The van der Waals surface area contributed by atoms with E-state index in [1.807, 2.05) is 0 Å². The summed E-state index contributed by atoms with van der Waals surface area (Å²) in [6.07, 6.45) is 5.19. The van der Waals surface area contributed by atoms with Crippen LogP contribution in [0, 0.1) is 5.92 Å². The first kappa shape index (κ1) is 14.4. The van der Waals surface area contributed by atoms with Crippen LogP contribution in [0.3, 0.4) is 0 Å². The highest BCUT2D eigenvalue weighted by atomic mass is 32.1. The van der Waals surface area contributed by atoms with E-state index in [4.69, 9.17) is 9.72 Å². The van der Waals surface area contributed by atoms with E-state index < -0.39 is 0 Å². The summed E-state index contributed by atoms with van der Waals surface area (Å²) >= 11 is 1.78. The Morgan fingerprint density at radius 3 is 3.10 bits per heavy atom. The van der Waals surface area contributed by atoms with Gasteiger partial charge < -0.3 is 15.0 Å². The van der Waals surface area contributed by atoms with Crippen molar-refractivity contribution < 1.29 is 4.74 Å². The number of hydrogen-bond donors (Lipinski definition) is 1. The Morgan fingerprint density at radius 1 is 1.45 bits per heavy atom. The standard InChI is InChI=1S/C15H25N3OS/c1-18(8-12-3-2-6-19-10-12)9-14-11-20-15(17-14)7-16-13-4-5-13/h11-13,16H,2-10H2,1H3. The van der Waals surface area contributed by atoms with Crippen LogP contribution in [0.1, 0.15) is 36.4 Å². The van der Waals surface area contributed by atoms with Gasteiger partial charge in [-0.1, -0.05) is 0 Å². The summed E-state index contributed by atoms with van der Waals surface area (Å²) < 4.78 is 5.55. The number of nitrogens with zero attached hydrogens (tertiary/aromatic N) is 2. The van der Waals surface area contributed by atoms with Gasteiger partial charge in [0.05, 0.1) is 12.3 Å². The van der Waals surface area contributed by atoms with Crippen LogP contribution >= 0.6 is 11.3 Å². The molecule has 5 heteroatoms. The molecule has 2 fully saturated rings. The Labute approximate surface area is 125 Å². The molecule has 1 N–H and O–H groups in total. The van der Waals surface area contributed by atoms with Gasteiger partial charge in [-0.3, -0.25) is 0 Å². The van der Waals surface area contributed by atoms with Crippen LogP contribution in [-0.2, 0) is 17.8 Å². The number of aromatic nitrogens is 1. The molecule has 112 valence electrons. The van der Waals surface area contributed by atoms with Crippen molar-refractivity contribution in [2.45, 2.75) is 44.8 Å². The maximum atomic E-state index is 5.55. The summed E-state index contributed by atoms with van der Waals surface area (Å²) in [6.45, 7) is 4.89. The SMILES string of the molecule is CN(Cc1csc(CNC2CC2)n1)CC1CCCOC1. The molecule has 4 nitrogen and oxygen atoms in total. The van der Waals surface area contributed by atoms with Crippen LogP contribution in [0.5, 0.6) is 0 Å². The molecule has 1 saturated carbocycles. The lowest BCUT2D eigenvalue weighted by atomic mass is 10.0. The first-order valence-electron chi connectivity index (χ1n) is 7.72. The molecular weight excluding hydrogens is 270 g/mol. The van der Waals surface area contributed by atoms with E-state index in [0.717, 1.165) is 38.9 Å². The Hall–Kier alpha value is -0.490. The third-order valence-corrected chi connectivity index (χ3v) is 4.87. The van der Waals surface area contributed by atoms with Gasteiger partial charge in [0.2, 0.25) is 0 Å². The summed E-state index contributed by atoms with van der Waals surface area (Å²) in [6, 6.07) is 0.760. The van der Waals surface area contributed by atoms with Crippen molar-refractivity contribution >= 4 is 11.3 Å². The third-order valence-electron chi connectivity index (χ3n) is 3.98. The molecule has 3 rings (SSSR count). The summed E-state index contributed by atoms with van der Waals surface area (Å²) in [7, 11) is 2.19.